The van der Waals surface area contributed by atoms with Crippen molar-refractivity contribution in [3.05, 3.63) is 51.1 Å². The number of amides is 1. The van der Waals surface area contributed by atoms with Gasteiger partial charge in [0.1, 0.15) is 5.02 Å². The number of halogens is 1. The van der Waals surface area contributed by atoms with Crippen molar-refractivity contribution < 1.29 is 9.72 Å². The van der Waals surface area contributed by atoms with Crippen LogP contribution in [0.4, 0.5) is 5.69 Å². The highest BCUT2D eigenvalue weighted by Gasteiger charge is 2.21. The molecular weight excluding hydrogens is 256 g/mol. The number of hydrogen-bond acceptors (Lipinski definition) is 3. The normalized spacial score (nSPS) is 14.7. The molecule has 6 heteroatoms. The predicted molar refractivity (Wildman–Crippen MR) is 67.7 cm³/mol. The summed E-state index contributed by atoms with van der Waals surface area (Å²) in [5, 5.41) is 13.4. The number of carbonyl (C=O) groups is 1. The van der Waals surface area contributed by atoms with Gasteiger partial charge >= 0.3 is 0 Å². The van der Waals surface area contributed by atoms with Crippen LogP contribution in [0.5, 0.6) is 0 Å². The smallest absolute Gasteiger partial charge is 0.288 e. The van der Waals surface area contributed by atoms with E-state index < -0.39 is 4.92 Å². The molecule has 1 aliphatic rings. The Morgan fingerprint density at radius 2 is 2.06 bits per heavy atom. The molecular formula is C12H11ClN2O3. The largest absolute Gasteiger partial charge is 0.349 e. The van der Waals surface area contributed by atoms with Crippen LogP contribution in [0.1, 0.15) is 23.2 Å². The maximum atomic E-state index is 12.0. The fraction of sp³-hybridized carbons (Fsp3) is 0.250. The van der Waals surface area contributed by atoms with Gasteiger partial charge in [-0.05, 0) is 18.9 Å². The van der Waals surface area contributed by atoms with Crippen LogP contribution in [-0.4, -0.2) is 16.9 Å². The zero-order chi connectivity index (χ0) is 13.1. The van der Waals surface area contributed by atoms with Crippen LogP contribution in [0.15, 0.2) is 30.4 Å². The third-order valence-corrected chi connectivity index (χ3v) is 3.16. The molecule has 5 nitrogen and oxygen atoms in total. The molecule has 0 radical (unpaired) electrons. The van der Waals surface area contributed by atoms with E-state index in [0.29, 0.717) is 0 Å². The maximum Gasteiger partial charge on any atom is 0.288 e. The Kier molecular flexibility index (Phi) is 3.62. The molecule has 1 aromatic rings. The lowest BCUT2D eigenvalue weighted by Crippen LogP contribution is -2.33. The minimum absolute atomic E-state index is 0.0489. The van der Waals surface area contributed by atoms with Crippen molar-refractivity contribution in [1.29, 1.82) is 0 Å². The SMILES string of the molecule is O=C(NC1CC=CC1)c1cccc([N+](=O)[O-])c1Cl. The Hall–Kier alpha value is -1.88. The Bertz CT molecular complexity index is 520. The number of carbonyl (C=O) groups excluding carboxylic acids is 1. The number of nitrogens with one attached hydrogen (secondary N) is 1. The molecule has 0 saturated carbocycles. The van der Waals surface area contributed by atoms with E-state index in [1.807, 2.05) is 12.2 Å². The highest BCUT2D eigenvalue weighted by molar-refractivity contribution is 6.35. The van der Waals surface area contributed by atoms with Crippen molar-refractivity contribution in [2.75, 3.05) is 0 Å². The highest BCUT2D eigenvalue weighted by atomic mass is 35.5. The van der Waals surface area contributed by atoms with Gasteiger partial charge in [0.15, 0.2) is 0 Å². The fourth-order valence-corrected chi connectivity index (χ4v) is 2.12. The number of nitro benzene ring substituents is 1. The standard InChI is InChI=1S/C12H11ClN2O3/c13-11-9(6-3-7-10(11)15(17)18)12(16)14-8-4-1-2-5-8/h1-3,6-8H,4-5H2,(H,14,16). The van der Waals surface area contributed by atoms with Crippen LogP contribution < -0.4 is 5.32 Å². The lowest BCUT2D eigenvalue weighted by Gasteiger charge is -2.12. The molecule has 18 heavy (non-hydrogen) atoms. The minimum atomic E-state index is -0.601. The summed E-state index contributed by atoms with van der Waals surface area (Å²) in [4.78, 5) is 22.1. The van der Waals surface area contributed by atoms with E-state index in [1.165, 1.54) is 18.2 Å². The van der Waals surface area contributed by atoms with E-state index in [2.05, 4.69) is 5.32 Å². The zero-order valence-electron chi connectivity index (χ0n) is 9.43. The van der Waals surface area contributed by atoms with E-state index in [4.69, 9.17) is 11.6 Å². The fourth-order valence-electron chi connectivity index (χ4n) is 1.83. The van der Waals surface area contributed by atoms with Crippen molar-refractivity contribution in [3.63, 3.8) is 0 Å². The lowest BCUT2D eigenvalue weighted by atomic mass is 10.1. The van der Waals surface area contributed by atoms with Crippen molar-refractivity contribution >= 4 is 23.2 Å². The number of rotatable bonds is 3. The number of hydrogen-bond donors (Lipinski definition) is 1. The van der Waals surface area contributed by atoms with Crippen LogP contribution in [0, 0.1) is 10.1 Å². The Morgan fingerprint density at radius 1 is 1.39 bits per heavy atom. The summed E-state index contributed by atoms with van der Waals surface area (Å²) in [6, 6.07) is 4.25. The Labute approximate surface area is 109 Å². The molecule has 0 aliphatic heterocycles. The van der Waals surface area contributed by atoms with E-state index in [1.54, 1.807) is 0 Å². The molecule has 0 spiro atoms. The van der Waals surface area contributed by atoms with E-state index >= 15 is 0 Å². The number of nitrogens with zero attached hydrogens (tertiary/aromatic N) is 1. The predicted octanol–water partition coefficient (Wildman–Crippen LogP) is 2.70. The van der Waals surface area contributed by atoms with Gasteiger partial charge in [-0.2, -0.15) is 0 Å². The van der Waals surface area contributed by atoms with Crippen molar-refractivity contribution in [3.8, 4) is 0 Å². The van der Waals surface area contributed by atoms with Gasteiger partial charge in [0.25, 0.3) is 11.6 Å². The Morgan fingerprint density at radius 3 is 2.67 bits per heavy atom. The Balaban J connectivity index is 2.19. The van der Waals surface area contributed by atoms with Gasteiger partial charge in [-0.3, -0.25) is 14.9 Å². The molecule has 0 unspecified atom stereocenters. The summed E-state index contributed by atoms with van der Waals surface area (Å²) < 4.78 is 0. The summed E-state index contributed by atoms with van der Waals surface area (Å²) >= 11 is 5.87. The number of nitro groups is 1. The molecule has 0 bridgehead atoms. The minimum Gasteiger partial charge on any atom is -0.349 e. The summed E-state index contributed by atoms with van der Waals surface area (Å²) in [6.07, 6.45) is 5.52. The molecule has 0 fully saturated rings. The lowest BCUT2D eigenvalue weighted by molar-refractivity contribution is -0.384. The van der Waals surface area contributed by atoms with Crippen LogP contribution in [-0.2, 0) is 0 Å². The van der Waals surface area contributed by atoms with Crippen LogP contribution in [0.2, 0.25) is 5.02 Å². The molecule has 1 aliphatic carbocycles. The van der Waals surface area contributed by atoms with Gasteiger partial charge in [0, 0.05) is 12.1 Å². The van der Waals surface area contributed by atoms with Crippen molar-refractivity contribution in [2.45, 2.75) is 18.9 Å². The van der Waals surface area contributed by atoms with Gasteiger partial charge in [-0.1, -0.05) is 29.8 Å². The first kappa shape index (κ1) is 12.6. The van der Waals surface area contributed by atoms with Crippen molar-refractivity contribution in [1.82, 2.24) is 5.32 Å². The molecule has 0 atom stereocenters. The second kappa shape index (κ2) is 5.18. The van der Waals surface area contributed by atoms with Crippen molar-refractivity contribution in [2.24, 2.45) is 0 Å². The van der Waals surface area contributed by atoms with Gasteiger partial charge in [-0.15, -0.1) is 0 Å². The van der Waals surface area contributed by atoms with Crippen LogP contribution in [0.25, 0.3) is 0 Å². The van der Waals surface area contributed by atoms with Crippen LogP contribution in [0.3, 0.4) is 0 Å². The van der Waals surface area contributed by atoms with E-state index in [9.17, 15) is 14.9 Å². The average molecular weight is 267 g/mol. The molecule has 1 amide bonds. The van der Waals surface area contributed by atoms with Crippen LogP contribution >= 0.6 is 11.6 Å². The zero-order valence-corrected chi connectivity index (χ0v) is 10.2. The number of benzene rings is 1. The van der Waals surface area contributed by atoms with E-state index in [-0.39, 0.29) is 28.2 Å². The topological polar surface area (TPSA) is 72.2 Å². The average Bonchev–Trinajstić information content (AvgIpc) is 2.81. The third-order valence-electron chi connectivity index (χ3n) is 2.76. The molecule has 0 aromatic heterocycles. The summed E-state index contributed by atoms with van der Waals surface area (Å²) in [7, 11) is 0. The first-order valence-electron chi connectivity index (χ1n) is 5.48. The van der Waals surface area contributed by atoms with Gasteiger partial charge < -0.3 is 5.32 Å². The second-order valence-electron chi connectivity index (χ2n) is 4.01. The first-order chi connectivity index (χ1) is 8.59. The molecule has 1 N–H and O–H groups in total. The molecule has 2 rings (SSSR count). The molecule has 94 valence electrons. The maximum absolute atomic E-state index is 12.0. The second-order valence-corrected chi connectivity index (χ2v) is 4.39. The first-order valence-corrected chi connectivity index (χ1v) is 5.86. The molecule has 1 aromatic carbocycles. The highest BCUT2D eigenvalue weighted by Crippen LogP contribution is 2.27. The van der Waals surface area contributed by atoms with E-state index in [0.717, 1.165) is 12.8 Å². The summed E-state index contributed by atoms with van der Waals surface area (Å²) in [6.45, 7) is 0. The quantitative estimate of drug-likeness (QED) is 0.519. The summed E-state index contributed by atoms with van der Waals surface area (Å²) in [5.41, 5.74) is -0.119. The van der Waals surface area contributed by atoms with Gasteiger partial charge in [0.2, 0.25) is 0 Å². The van der Waals surface area contributed by atoms with Gasteiger partial charge in [-0.25, -0.2) is 0 Å². The third kappa shape index (κ3) is 2.51. The molecule has 0 heterocycles. The summed E-state index contributed by atoms with van der Waals surface area (Å²) in [5.74, 6) is -0.377. The molecule has 0 saturated heterocycles. The van der Waals surface area contributed by atoms with Gasteiger partial charge in [0.05, 0.1) is 10.5 Å². The monoisotopic (exact) mass is 266 g/mol.